The van der Waals surface area contributed by atoms with Crippen molar-refractivity contribution in [2.75, 3.05) is 0 Å². The van der Waals surface area contributed by atoms with Gasteiger partial charge in [0, 0.05) is 30.7 Å². The Morgan fingerprint density at radius 3 is 2.51 bits per heavy atom. The van der Waals surface area contributed by atoms with Crippen molar-refractivity contribution in [3.63, 3.8) is 0 Å². The number of carbonyl (C=O) groups excluding carboxylic acids is 3. The molecule has 3 aliphatic rings. The number of ketones is 1. The van der Waals surface area contributed by atoms with E-state index in [1.807, 2.05) is 37.3 Å². The van der Waals surface area contributed by atoms with Crippen LogP contribution in [0.3, 0.4) is 0 Å². The molecule has 1 aromatic carbocycles. The fourth-order valence-electron chi connectivity index (χ4n) is 6.68. The highest BCUT2D eigenvalue weighted by atomic mass is 16.5. The minimum Gasteiger partial charge on any atom is -0.457 e. The van der Waals surface area contributed by atoms with Gasteiger partial charge in [-0.2, -0.15) is 0 Å². The Hall–Kier alpha value is -3.03. The van der Waals surface area contributed by atoms with Crippen molar-refractivity contribution in [1.29, 1.82) is 0 Å². The van der Waals surface area contributed by atoms with Crippen LogP contribution in [0.15, 0.2) is 66.8 Å². The molecular formula is C30H37NO6. The van der Waals surface area contributed by atoms with Crippen molar-refractivity contribution in [3.8, 4) is 0 Å². The lowest BCUT2D eigenvalue weighted by atomic mass is 9.51. The van der Waals surface area contributed by atoms with Crippen molar-refractivity contribution in [1.82, 2.24) is 5.32 Å². The lowest BCUT2D eigenvalue weighted by molar-refractivity contribution is -0.166. The molecule has 7 nitrogen and oxygen atoms in total. The third-order valence-electron chi connectivity index (χ3n) is 8.53. The summed E-state index contributed by atoms with van der Waals surface area (Å²) in [5, 5.41) is 25.7. The fraction of sp³-hybridized carbons (Fsp3) is 0.500. The summed E-state index contributed by atoms with van der Waals surface area (Å²) in [5.41, 5.74) is -1.55. The number of rotatable bonds is 3. The fourth-order valence-corrected chi connectivity index (χ4v) is 6.68. The van der Waals surface area contributed by atoms with Crippen molar-refractivity contribution >= 4 is 17.7 Å². The molecule has 2 aliphatic carbocycles. The zero-order valence-corrected chi connectivity index (χ0v) is 21.9. The zero-order chi connectivity index (χ0) is 27.1. The maximum atomic E-state index is 14.2. The second-order valence-electron chi connectivity index (χ2n) is 11.0. The molecule has 37 heavy (non-hydrogen) atoms. The van der Waals surface area contributed by atoms with Crippen LogP contribution < -0.4 is 5.32 Å². The minimum atomic E-state index is -1.82. The molecule has 1 aromatic rings. The molecule has 1 saturated carbocycles. The first-order valence-corrected chi connectivity index (χ1v) is 12.9. The first-order valence-electron chi connectivity index (χ1n) is 12.9. The Morgan fingerprint density at radius 1 is 1.19 bits per heavy atom. The van der Waals surface area contributed by atoms with Crippen molar-refractivity contribution in [2.24, 2.45) is 29.1 Å². The van der Waals surface area contributed by atoms with E-state index < -0.39 is 46.9 Å². The Balaban J connectivity index is 1.94. The number of carbonyl (C=O) groups is 3. The molecule has 0 unspecified atom stereocenters. The summed E-state index contributed by atoms with van der Waals surface area (Å²) < 4.78 is 5.81. The van der Waals surface area contributed by atoms with Gasteiger partial charge in [0.15, 0.2) is 5.78 Å². The largest absolute Gasteiger partial charge is 0.457 e. The lowest BCUT2D eigenvalue weighted by Gasteiger charge is -2.52. The summed E-state index contributed by atoms with van der Waals surface area (Å²) in [6.07, 6.45) is 5.01. The van der Waals surface area contributed by atoms with Crippen molar-refractivity contribution < 1.29 is 29.3 Å². The summed E-state index contributed by atoms with van der Waals surface area (Å²) in [4.78, 5) is 39.5. The van der Waals surface area contributed by atoms with Gasteiger partial charge in [0.25, 0.3) is 0 Å². The van der Waals surface area contributed by atoms with E-state index in [2.05, 4.69) is 11.9 Å². The number of hydrogen-bond donors (Lipinski definition) is 3. The van der Waals surface area contributed by atoms with E-state index in [1.54, 1.807) is 19.1 Å². The number of ether oxygens (including phenoxy) is 1. The Kier molecular flexibility index (Phi) is 7.32. The SMILES string of the molecule is C=C1[C@H](C)[C@H]2[C@H](Cc3ccccc3)NC(=O)[C@]23[C@H](C=CC[C@@H](C)C(=O)[C@@](C)(O)C=C[C@H]3OC(C)=O)[C@H]1O. The van der Waals surface area contributed by atoms with Gasteiger partial charge in [-0.05, 0) is 49.0 Å². The molecule has 0 bridgehead atoms. The quantitative estimate of drug-likeness (QED) is 0.428. The predicted molar refractivity (Wildman–Crippen MR) is 139 cm³/mol. The van der Waals surface area contributed by atoms with Crippen LogP contribution in [0.2, 0.25) is 0 Å². The van der Waals surface area contributed by atoms with Crippen LogP contribution in [0, 0.1) is 29.1 Å². The van der Waals surface area contributed by atoms with Crippen LogP contribution in [-0.4, -0.2) is 51.7 Å². The Bertz CT molecular complexity index is 1140. The highest BCUT2D eigenvalue weighted by Gasteiger charge is 2.68. The number of esters is 1. The summed E-state index contributed by atoms with van der Waals surface area (Å²) >= 11 is 0. The van der Waals surface area contributed by atoms with Gasteiger partial charge in [-0.3, -0.25) is 14.4 Å². The number of aliphatic hydroxyl groups excluding tert-OH is 1. The average Bonchev–Trinajstić information content (AvgIpc) is 3.13. The van der Waals surface area contributed by atoms with Gasteiger partial charge in [0.05, 0.1) is 6.10 Å². The first kappa shape index (κ1) is 27.0. The van der Waals surface area contributed by atoms with Crippen LogP contribution in [-0.2, 0) is 25.5 Å². The van der Waals surface area contributed by atoms with E-state index >= 15 is 0 Å². The molecule has 1 aliphatic heterocycles. The number of nitrogens with one attached hydrogen (secondary N) is 1. The number of aliphatic hydroxyl groups is 2. The van der Waals surface area contributed by atoms with Crippen LogP contribution in [0.5, 0.6) is 0 Å². The lowest BCUT2D eigenvalue weighted by Crippen LogP contribution is -2.60. The maximum absolute atomic E-state index is 14.2. The van der Waals surface area contributed by atoms with E-state index in [1.165, 1.54) is 26.0 Å². The second-order valence-corrected chi connectivity index (χ2v) is 11.0. The predicted octanol–water partition coefficient (Wildman–Crippen LogP) is 2.92. The molecule has 1 amide bonds. The van der Waals surface area contributed by atoms with Crippen molar-refractivity contribution in [3.05, 3.63) is 72.4 Å². The molecule has 4 rings (SSSR count). The summed E-state index contributed by atoms with van der Waals surface area (Å²) in [6, 6.07) is 9.49. The number of benzene rings is 1. The number of allylic oxidation sites excluding steroid dienone is 1. The standard InChI is InChI=1S/C30H37NO6/c1-17-10-9-13-22-26(33)19(3)18(2)25-23(16-21-11-7-6-8-12-21)31-28(35)30(22,25)24(37-20(4)32)14-15-29(5,36)27(17)34/h6-9,11-15,17-18,22-26,33,36H,3,10,16H2,1-2,4-5H3,(H,31,35)/t17-,18+,22-,23+,24-,25+,26+,29+,30+/m1/s1. The summed E-state index contributed by atoms with van der Waals surface area (Å²) in [5.74, 6) is -3.26. The molecule has 2 fully saturated rings. The second kappa shape index (κ2) is 10.0. The molecule has 3 N–H and O–H groups in total. The third kappa shape index (κ3) is 4.59. The topological polar surface area (TPSA) is 113 Å². The van der Waals surface area contributed by atoms with Gasteiger partial charge in [0.2, 0.25) is 5.91 Å². The van der Waals surface area contributed by atoms with E-state index in [0.717, 1.165) is 5.56 Å². The average molecular weight is 508 g/mol. The Labute approximate surface area is 218 Å². The molecular weight excluding hydrogens is 470 g/mol. The van der Waals surface area contributed by atoms with Gasteiger partial charge in [-0.25, -0.2) is 0 Å². The molecule has 9 atom stereocenters. The van der Waals surface area contributed by atoms with Crippen LogP contribution in [0.4, 0.5) is 0 Å². The minimum absolute atomic E-state index is 0.287. The number of amides is 1. The third-order valence-corrected chi connectivity index (χ3v) is 8.53. The van der Waals surface area contributed by atoms with E-state index in [4.69, 9.17) is 4.74 Å². The smallest absolute Gasteiger partial charge is 0.303 e. The highest BCUT2D eigenvalue weighted by molar-refractivity contribution is 5.91. The molecule has 1 spiro atoms. The number of hydrogen-bond acceptors (Lipinski definition) is 6. The van der Waals surface area contributed by atoms with E-state index in [9.17, 15) is 24.6 Å². The molecule has 198 valence electrons. The van der Waals surface area contributed by atoms with Gasteiger partial charge >= 0.3 is 5.97 Å². The van der Waals surface area contributed by atoms with Crippen molar-refractivity contribution in [2.45, 2.75) is 64.4 Å². The number of Topliss-reactive ketones (excluding diaryl/α,β-unsaturated/α-hetero) is 1. The van der Waals surface area contributed by atoms with Gasteiger partial charge in [-0.1, -0.05) is 62.9 Å². The molecule has 1 saturated heterocycles. The monoisotopic (exact) mass is 507 g/mol. The Morgan fingerprint density at radius 2 is 1.86 bits per heavy atom. The zero-order valence-electron chi connectivity index (χ0n) is 21.9. The molecule has 7 heteroatoms. The van der Waals surface area contributed by atoms with E-state index in [-0.39, 0.29) is 23.7 Å². The molecule has 0 radical (unpaired) electrons. The highest BCUT2D eigenvalue weighted by Crippen LogP contribution is 2.58. The maximum Gasteiger partial charge on any atom is 0.303 e. The van der Waals surface area contributed by atoms with Crippen LogP contribution >= 0.6 is 0 Å². The van der Waals surface area contributed by atoms with Crippen LogP contribution in [0.25, 0.3) is 0 Å². The molecule has 0 aromatic heterocycles. The summed E-state index contributed by atoms with van der Waals surface area (Å²) in [6.45, 7) is 10.5. The normalized spacial score (nSPS) is 39.8. The summed E-state index contributed by atoms with van der Waals surface area (Å²) in [7, 11) is 0. The van der Waals surface area contributed by atoms with E-state index in [0.29, 0.717) is 18.4 Å². The van der Waals surface area contributed by atoms with Crippen LogP contribution in [0.1, 0.15) is 39.7 Å². The van der Waals surface area contributed by atoms with Gasteiger partial charge in [-0.15, -0.1) is 0 Å². The first-order chi connectivity index (χ1) is 17.4. The van der Waals surface area contributed by atoms with Gasteiger partial charge in [0.1, 0.15) is 17.1 Å². The molecule has 1 heterocycles. The van der Waals surface area contributed by atoms with Gasteiger partial charge < -0.3 is 20.3 Å².